The van der Waals surface area contributed by atoms with Gasteiger partial charge in [-0.05, 0) is 37.8 Å². The Morgan fingerprint density at radius 2 is 2.00 bits per heavy atom. The van der Waals surface area contributed by atoms with Crippen LogP contribution in [0.15, 0.2) is 49.6 Å². The SMILES string of the molecule is C=CCCOC(=O)[C@H]1[C@@H]2SC3(CC2Br)C(C(=O)N(CC=C)Cn2nnc4ccccc42)N(CCCCCCO)C(=O)[C@H]13. The number of unbranched alkanes of at least 4 members (excludes halogenated alkanes) is 3. The molecule has 10 nitrogen and oxygen atoms in total. The lowest BCUT2D eigenvalue weighted by Crippen LogP contribution is -2.55. The molecule has 3 aliphatic rings. The molecular formula is C30H38BrN5O5S. The van der Waals surface area contributed by atoms with Crippen molar-refractivity contribution in [3.05, 3.63) is 49.6 Å². The van der Waals surface area contributed by atoms with Crippen molar-refractivity contribution in [2.45, 2.75) is 66.1 Å². The van der Waals surface area contributed by atoms with Gasteiger partial charge >= 0.3 is 5.97 Å². The molecule has 3 saturated heterocycles. The molecule has 2 bridgehead atoms. The van der Waals surface area contributed by atoms with Gasteiger partial charge in [-0.15, -0.1) is 30.0 Å². The Balaban J connectivity index is 1.47. The first-order valence-electron chi connectivity index (χ1n) is 14.6. The number of aromatic nitrogens is 3. The number of aliphatic hydroxyl groups excluding tert-OH is 1. The second-order valence-electron chi connectivity index (χ2n) is 11.1. The molecule has 1 spiro atoms. The van der Waals surface area contributed by atoms with Crippen LogP contribution in [0, 0.1) is 11.8 Å². The number of esters is 1. The number of hydrogen-bond donors (Lipinski definition) is 1. The van der Waals surface area contributed by atoms with Crippen LogP contribution >= 0.6 is 27.7 Å². The van der Waals surface area contributed by atoms with E-state index in [2.05, 4.69) is 39.4 Å². The van der Waals surface area contributed by atoms with Crippen LogP contribution < -0.4 is 0 Å². The number of fused-ring (bicyclic) bond motifs is 2. The predicted octanol–water partition coefficient (Wildman–Crippen LogP) is 3.54. The highest BCUT2D eigenvalue weighted by atomic mass is 79.9. The predicted molar refractivity (Wildman–Crippen MR) is 165 cm³/mol. The van der Waals surface area contributed by atoms with Crippen molar-refractivity contribution in [2.75, 3.05) is 26.3 Å². The van der Waals surface area contributed by atoms with E-state index in [-0.39, 0.29) is 54.3 Å². The molecule has 0 radical (unpaired) electrons. The number of nitrogens with zero attached hydrogens (tertiary/aromatic N) is 5. The summed E-state index contributed by atoms with van der Waals surface area (Å²) in [6.45, 7) is 8.75. The van der Waals surface area contributed by atoms with Crippen LogP contribution in [-0.2, 0) is 25.8 Å². The lowest BCUT2D eigenvalue weighted by molar-refractivity contribution is -0.154. The number of carbonyl (C=O) groups excluding carboxylic acids is 3. The van der Waals surface area contributed by atoms with Gasteiger partial charge in [-0.1, -0.05) is 58.3 Å². The number of likely N-dealkylation sites (tertiary alicyclic amines) is 1. The summed E-state index contributed by atoms with van der Waals surface area (Å²) in [6, 6.07) is 6.82. The van der Waals surface area contributed by atoms with Gasteiger partial charge in [0.2, 0.25) is 11.8 Å². The van der Waals surface area contributed by atoms with E-state index >= 15 is 0 Å². The lowest BCUT2D eigenvalue weighted by Gasteiger charge is -2.37. The van der Waals surface area contributed by atoms with Gasteiger partial charge in [0.05, 0.1) is 28.7 Å². The molecular weight excluding hydrogens is 622 g/mol. The van der Waals surface area contributed by atoms with Crippen molar-refractivity contribution < 1.29 is 24.2 Å². The Kier molecular flexibility index (Phi) is 9.74. The highest BCUT2D eigenvalue weighted by molar-refractivity contribution is 9.09. The average Bonchev–Trinajstić information content (AvgIpc) is 3.70. The van der Waals surface area contributed by atoms with Gasteiger partial charge < -0.3 is 19.6 Å². The van der Waals surface area contributed by atoms with E-state index in [1.54, 1.807) is 38.4 Å². The molecule has 1 aromatic carbocycles. The zero-order valence-corrected chi connectivity index (χ0v) is 26.0. The number of hydrogen-bond acceptors (Lipinski definition) is 8. The van der Waals surface area contributed by atoms with Gasteiger partial charge in [-0.2, -0.15) is 0 Å². The van der Waals surface area contributed by atoms with E-state index in [9.17, 15) is 19.5 Å². The van der Waals surface area contributed by atoms with Crippen LogP contribution in [0.5, 0.6) is 0 Å². The maximum absolute atomic E-state index is 14.6. The normalized spacial score (nSPS) is 27.8. The fraction of sp³-hybridized carbons (Fsp3) is 0.567. The molecule has 1 aromatic heterocycles. The zero-order valence-electron chi connectivity index (χ0n) is 23.6. The second kappa shape index (κ2) is 13.3. The van der Waals surface area contributed by atoms with Crippen molar-refractivity contribution in [3.63, 3.8) is 0 Å². The number of benzene rings is 1. The summed E-state index contributed by atoms with van der Waals surface area (Å²) >= 11 is 5.40. The van der Waals surface area contributed by atoms with E-state index in [1.165, 1.54) is 0 Å². The molecule has 6 atom stereocenters. The topological polar surface area (TPSA) is 118 Å². The average molecular weight is 661 g/mol. The number of amides is 2. The van der Waals surface area contributed by atoms with Gasteiger partial charge in [-0.3, -0.25) is 14.4 Å². The molecule has 4 heterocycles. The van der Waals surface area contributed by atoms with E-state index in [1.807, 2.05) is 24.3 Å². The van der Waals surface area contributed by atoms with E-state index in [0.29, 0.717) is 32.2 Å². The summed E-state index contributed by atoms with van der Waals surface area (Å²) in [5.74, 6) is -1.99. The van der Waals surface area contributed by atoms with Crippen LogP contribution in [0.4, 0.5) is 0 Å². The number of carbonyl (C=O) groups is 3. The van der Waals surface area contributed by atoms with E-state index in [0.717, 1.165) is 23.9 Å². The largest absolute Gasteiger partial charge is 0.465 e. The van der Waals surface area contributed by atoms with Crippen LogP contribution in [0.3, 0.4) is 0 Å². The van der Waals surface area contributed by atoms with Gasteiger partial charge in [0.15, 0.2) is 0 Å². The quantitative estimate of drug-likeness (QED) is 0.134. The molecule has 0 aliphatic carbocycles. The Hall–Kier alpha value is -2.70. The summed E-state index contributed by atoms with van der Waals surface area (Å²) in [5, 5.41) is 17.6. The molecule has 226 valence electrons. The first kappa shape index (κ1) is 30.7. The number of aliphatic hydroxyl groups is 1. The van der Waals surface area contributed by atoms with E-state index < -0.39 is 22.6 Å². The Morgan fingerprint density at radius 1 is 1.21 bits per heavy atom. The zero-order chi connectivity index (χ0) is 29.9. The third-order valence-corrected chi connectivity index (χ3v) is 11.8. The Labute approximate surface area is 258 Å². The first-order chi connectivity index (χ1) is 20.4. The minimum Gasteiger partial charge on any atom is -0.465 e. The molecule has 1 N–H and O–H groups in total. The molecule has 2 aromatic rings. The van der Waals surface area contributed by atoms with Gasteiger partial charge in [-0.25, -0.2) is 4.68 Å². The third-order valence-electron chi connectivity index (χ3n) is 8.55. The minimum absolute atomic E-state index is 0.0320. The highest BCUT2D eigenvalue weighted by Crippen LogP contribution is 2.68. The summed E-state index contributed by atoms with van der Waals surface area (Å²) in [5.41, 5.74) is 1.53. The Morgan fingerprint density at radius 3 is 2.76 bits per heavy atom. The monoisotopic (exact) mass is 659 g/mol. The maximum Gasteiger partial charge on any atom is 0.310 e. The van der Waals surface area contributed by atoms with Crippen LogP contribution in [-0.4, -0.2) is 94.9 Å². The van der Waals surface area contributed by atoms with Gasteiger partial charge in [0.25, 0.3) is 0 Å². The number of para-hydroxylation sites is 1. The lowest BCUT2D eigenvalue weighted by atomic mass is 9.71. The van der Waals surface area contributed by atoms with Crippen molar-refractivity contribution in [1.82, 2.24) is 24.8 Å². The first-order valence-corrected chi connectivity index (χ1v) is 16.4. The van der Waals surface area contributed by atoms with Gasteiger partial charge in [0, 0.05) is 29.8 Å². The number of thioether (sulfide) groups is 1. The molecule has 3 fully saturated rings. The number of halogens is 1. The van der Waals surface area contributed by atoms with Gasteiger partial charge in [0.1, 0.15) is 18.2 Å². The molecule has 0 saturated carbocycles. The summed E-state index contributed by atoms with van der Waals surface area (Å²) in [7, 11) is 0. The summed E-state index contributed by atoms with van der Waals surface area (Å²) in [4.78, 5) is 45.7. The van der Waals surface area contributed by atoms with Crippen molar-refractivity contribution in [1.29, 1.82) is 0 Å². The number of rotatable bonds is 15. The standard InChI is InChI=1S/C30H38BrN5O5S/c1-3-5-17-41-29(40)23-24-27(38)35(15-10-6-7-11-16-37)26(30(24)18-20(31)25(23)42-30)28(39)34(14-4-2)19-36-22-13-9-8-12-21(22)32-33-36/h3-4,8-9,12-13,20,23-26,37H,1-2,5-7,10-11,14-19H2/t20?,23-,24+,25-,26?,30?/m1/s1. The fourth-order valence-corrected chi connectivity index (χ4v) is 10.3. The molecule has 42 heavy (non-hydrogen) atoms. The number of ether oxygens (including phenoxy) is 1. The number of alkyl halides is 1. The van der Waals surface area contributed by atoms with Crippen molar-refractivity contribution >= 4 is 56.5 Å². The third kappa shape index (κ3) is 5.53. The van der Waals surface area contributed by atoms with Crippen LogP contribution in [0.1, 0.15) is 38.5 Å². The van der Waals surface area contributed by atoms with Crippen molar-refractivity contribution in [2.24, 2.45) is 11.8 Å². The molecule has 2 amide bonds. The summed E-state index contributed by atoms with van der Waals surface area (Å²) in [6.07, 6.45) is 7.57. The smallest absolute Gasteiger partial charge is 0.310 e. The molecule has 3 unspecified atom stereocenters. The highest BCUT2D eigenvalue weighted by Gasteiger charge is 2.76. The molecule has 3 aliphatic heterocycles. The van der Waals surface area contributed by atoms with Crippen LogP contribution in [0.2, 0.25) is 0 Å². The maximum atomic E-state index is 14.6. The fourth-order valence-electron chi connectivity index (χ4n) is 6.73. The van der Waals surface area contributed by atoms with Crippen molar-refractivity contribution in [3.8, 4) is 0 Å². The Bertz CT molecular complexity index is 1340. The molecule has 5 rings (SSSR count). The molecule has 12 heteroatoms. The van der Waals surface area contributed by atoms with E-state index in [4.69, 9.17) is 4.74 Å². The van der Waals surface area contributed by atoms with Crippen LogP contribution in [0.25, 0.3) is 11.0 Å². The summed E-state index contributed by atoms with van der Waals surface area (Å²) < 4.78 is 6.54. The second-order valence-corrected chi connectivity index (χ2v) is 13.9. The minimum atomic E-state index is -0.760.